The van der Waals surface area contributed by atoms with Crippen molar-refractivity contribution in [2.24, 2.45) is 0 Å². The number of benzene rings is 2. The average Bonchev–Trinajstić information content (AvgIpc) is 2.45. The number of H-pyrrole nitrogens is 1. The van der Waals surface area contributed by atoms with E-state index in [0.717, 1.165) is 22.1 Å². The molecule has 0 bridgehead atoms. The lowest BCUT2D eigenvalue weighted by Crippen LogP contribution is -2.10. The van der Waals surface area contributed by atoms with E-state index in [1.165, 1.54) is 0 Å². The van der Waals surface area contributed by atoms with Gasteiger partial charge in [0.05, 0.1) is 21.1 Å². The number of hydrogen-bond acceptors (Lipinski definition) is 2. The molecule has 0 aliphatic rings. The fraction of sp³-hybridized carbons (Fsp3) is 0.125. The van der Waals surface area contributed by atoms with Crippen LogP contribution in [0.4, 0.5) is 0 Å². The number of halogens is 3. The molecule has 3 aromatic rings. The maximum atomic E-state index is 12.0. The largest absolute Gasteiger partial charge is 0.272 e. The van der Waals surface area contributed by atoms with Gasteiger partial charge in [-0.1, -0.05) is 29.3 Å². The molecule has 0 saturated carbocycles. The minimum absolute atomic E-state index is 0. The van der Waals surface area contributed by atoms with E-state index in [1.807, 2.05) is 32.0 Å². The van der Waals surface area contributed by atoms with Crippen LogP contribution in [0.3, 0.4) is 0 Å². The number of rotatable bonds is 1. The number of hydrogen-bond donors (Lipinski definition) is 1. The van der Waals surface area contributed by atoms with Gasteiger partial charge in [-0.05, 0) is 49.2 Å². The van der Waals surface area contributed by atoms with Crippen molar-refractivity contribution in [3.05, 3.63) is 61.9 Å². The molecule has 22 heavy (non-hydrogen) atoms. The fourth-order valence-corrected chi connectivity index (χ4v) is 2.59. The highest BCUT2D eigenvalue weighted by atomic mass is 35.5. The lowest BCUT2D eigenvalue weighted by Gasteiger charge is -2.08. The van der Waals surface area contributed by atoms with Gasteiger partial charge in [0.15, 0.2) is 0 Å². The van der Waals surface area contributed by atoms with Gasteiger partial charge >= 0.3 is 0 Å². The molecular weight excluding hydrogens is 343 g/mol. The molecule has 0 saturated heterocycles. The Hall–Kier alpha value is -1.55. The summed E-state index contributed by atoms with van der Waals surface area (Å²) in [5.41, 5.74) is 3.48. The predicted octanol–water partition coefficient (Wildman–Crippen LogP) is 4.94. The lowest BCUT2D eigenvalue weighted by atomic mass is 10.00. The smallest absolute Gasteiger partial charge is 0.267 e. The number of fused-ring (bicyclic) bond motifs is 1. The van der Waals surface area contributed by atoms with Gasteiger partial charge in [0.1, 0.15) is 0 Å². The van der Waals surface area contributed by atoms with Crippen LogP contribution in [0.25, 0.3) is 22.0 Å². The van der Waals surface area contributed by atoms with Crippen molar-refractivity contribution in [2.45, 2.75) is 13.8 Å². The van der Waals surface area contributed by atoms with E-state index in [-0.39, 0.29) is 18.0 Å². The molecule has 0 spiro atoms. The Morgan fingerprint density at radius 1 is 0.955 bits per heavy atom. The Morgan fingerprint density at radius 2 is 1.59 bits per heavy atom. The molecule has 114 valence electrons. The molecule has 0 fully saturated rings. The Labute approximate surface area is 143 Å². The maximum Gasteiger partial charge on any atom is 0.272 e. The first-order valence-electron chi connectivity index (χ1n) is 6.42. The highest BCUT2D eigenvalue weighted by Crippen LogP contribution is 2.31. The monoisotopic (exact) mass is 354 g/mol. The van der Waals surface area contributed by atoms with E-state index in [2.05, 4.69) is 10.2 Å². The van der Waals surface area contributed by atoms with Gasteiger partial charge in [0.2, 0.25) is 0 Å². The van der Waals surface area contributed by atoms with E-state index in [4.69, 9.17) is 23.2 Å². The fourth-order valence-electron chi connectivity index (χ4n) is 2.29. The first kappa shape index (κ1) is 16.8. The number of aromatic nitrogens is 2. The van der Waals surface area contributed by atoms with Crippen LogP contribution in [0.1, 0.15) is 11.1 Å². The van der Waals surface area contributed by atoms with Crippen LogP contribution in [-0.4, -0.2) is 10.2 Å². The zero-order valence-electron chi connectivity index (χ0n) is 11.9. The summed E-state index contributed by atoms with van der Waals surface area (Å²) < 4.78 is 0. The van der Waals surface area contributed by atoms with Crippen molar-refractivity contribution in [3.63, 3.8) is 0 Å². The van der Waals surface area contributed by atoms with E-state index in [0.29, 0.717) is 21.1 Å². The van der Waals surface area contributed by atoms with E-state index < -0.39 is 0 Å². The SMILES string of the molecule is Cc1cc2c(-c3ccc(Cl)c(Cl)c3)n[nH]c(=O)c2cc1C.Cl. The van der Waals surface area contributed by atoms with Crippen LogP contribution in [0, 0.1) is 13.8 Å². The van der Waals surface area contributed by atoms with Crippen LogP contribution < -0.4 is 5.56 Å². The van der Waals surface area contributed by atoms with Crippen molar-refractivity contribution in [3.8, 4) is 11.3 Å². The molecule has 3 rings (SSSR count). The van der Waals surface area contributed by atoms with Gasteiger partial charge in [0.25, 0.3) is 5.56 Å². The Bertz CT molecular complexity index is 919. The zero-order chi connectivity index (χ0) is 15.1. The minimum Gasteiger partial charge on any atom is -0.267 e. The highest BCUT2D eigenvalue weighted by molar-refractivity contribution is 6.42. The van der Waals surface area contributed by atoms with Crippen LogP contribution >= 0.6 is 35.6 Å². The Balaban J connectivity index is 0.00000176. The summed E-state index contributed by atoms with van der Waals surface area (Å²) in [5, 5.41) is 9.09. The zero-order valence-corrected chi connectivity index (χ0v) is 14.2. The first-order valence-corrected chi connectivity index (χ1v) is 7.18. The quantitative estimate of drug-likeness (QED) is 0.672. The summed E-state index contributed by atoms with van der Waals surface area (Å²) in [4.78, 5) is 12.0. The Kier molecular flexibility index (Phi) is 4.81. The molecule has 2 aromatic carbocycles. The molecule has 1 heterocycles. The van der Waals surface area contributed by atoms with Gasteiger partial charge < -0.3 is 0 Å². The number of aryl methyl sites for hydroxylation is 2. The molecule has 1 aromatic heterocycles. The van der Waals surface area contributed by atoms with Crippen molar-refractivity contribution in [1.29, 1.82) is 0 Å². The molecule has 3 nitrogen and oxygen atoms in total. The molecule has 0 aliphatic heterocycles. The van der Waals surface area contributed by atoms with Crippen molar-refractivity contribution >= 4 is 46.4 Å². The summed E-state index contributed by atoms with van der Waals surface area (Å²) in [7, 11) is 0. The minimum atomic E-state index is -0.197. The molecule has 1 N–H and O–H groups in total. The molecule has 0 atom stereocenters. The summed E-state index contributed by atoms with van der Waals surface area (Å²) in [6, 6.07) is 9.17. The van der Waals surface area contributed by atoms with Gasteiger partial charge in [-0.2, -0.15) is 5.10 Å². The summed E-state index contributed by atoms with van der Waals surface area (Å²) in [6.07, 6.45) is 0. The van der Waals surface area contributed by atoms with Crippen LogP contribution in [-0.2, 0) is 0 Å². The second-order valence-electron chi connectivity index (χ2n) is 5.01. The molecule has 0 aliphatic carbocycles. The normalized spacial score (nSPS) is 10.5. The van der Waals surface area contributed by atoms with Gasteiger partial charge in [-0.3, -0.25) is 4.79 Å². The summed E-state index contributed by atoms with van der Waals surface area (Å²) in [5.74, 6) is 0. The molecular formula is C16H13Cl3N2O. The van der Waals surface area contributed by atoms with E-state index in [1.54, 1.807) is 12.1 Å². The molecule has 0 amide bonds. The second kappa shape index (κ2) is 6.29. The number of nitrogens with zero attached hydrogens (tertiary/aromatic N) is 1. The van der Waals surface area contributed by atoms with Crippen LogP contribution in [0.5, 0.6) is 0 Å². The maximum absolute atomic E-state index is 12.0. The van der Waals surface area contributed by atoms with Crippen LogP contribution in [0.2, 0.25) is 10.0 Å². The van der Waals surface area contributed by atoms with Crippen molar-refractivity contribution in [2.75, 3.05) is 0 Å². The van der Waals surface area contributed by atoms with Gasteiger partial charge in [-0.15, -0.1) is 12.4 Å². The van der Waals surface area contributed by atoms with Gasteiger partial charge in [-0.25, -0.2) is 5.10 Å². The average molecular weight is 356 g/mol. The first-order chi connectivity index (χ1) is 9.97. The number of nitrogens with one attached hydrogen (secondary N) is 1. The standard InChI is InChI=1S/C16H12Cl2N2O.ClH/c1-8-5-11-12(6-9(8)2)16(21)20-19-15(11)10-3-4-13(17)14(18)7-10;/h3-7H,1-2H3,(H,20,21);1H. The third kappa shape index (κ3) is 2.84. The third-order valence-corrected chi connectivity index (χ3v) is 4.33. The predicted molar refractivity (Wildman–Crippen MR) is 94.5 cm³/mol. The van der Waals surface area contributed by atoms with E-state index >= 15 is 0 Å². The second-order valence-corrected chi connectivity index (χ2v) is 5.83. The number of aromatic amines is 1. The summed E-state index contributed by atoms with van der Waals surface area (Å²) >= 11 is 12.0. The van der Waals surface area contributed by atoms with Crippen LogP contribution in [0.15, 0.2) is 35.1 Å². The molecule has 6 heteroatoms. The molecule has 0 unspecified atom stereocenters. The Morgan fingerprint density at radius 3 is 2.23 bits per heavy atom. The van der Waals surface area contributed by atoms with Gasteiger partial charge in [0, 0.05) is 10.9 Å². The molecule has 0 radical (unpaired) electrons. The third-order valence-electron chi connectivity index (χ3n) is 3.60. The summed E-state index contributed by atoms with van der Waals surface area (Å²) in [6.45, 7) is 3.99. The van der Waals surface area contributed by atoms with Crippen molar-refractivity contribution < 1.29 is 0 Å². The lowest BCUT2D eigenvalue weighted by molar-refractivity contribution is 1.02. The highest BCUT2D eigenvalue weighted by Gasteiger charge is 2.11. The van der Waals surface area contributed by atoms with Crippen molar-refractivity contribution in [1.82, 2.24) is 10.2 Å². The van der Waals surface area contributed by atoms with E-state index in [9.17, 15) is 4.79 Å². The topological polar surface area (TPSA) is 45.8 Å².